The fourth-order valence-electron chi connectivity index (χ4n) is 2.09. The number of nitrogens with zero attached hydrogens (tertiary/aromatic N) is 3. The highest BCUT2D eigenvalue weighted by atomic mass is 16.1. The molecule has 0 saturated heterocycles. The van der Waals surface area contributed by atoms with Gasteiger partial charge in [-0.2, -0.15) is 5.10 Å². The van der Waals surface area contributed by atoms with E-state index in [4.69, 9.17) is 0 Å². The Morgan fingerprint density at radius 2 is 2.22 bits per heavy atom. The normalized spacial score (nSPS) is 11.0. The maximum absolute atomic E-state index is 10.9. The van der Waals surface area contributed by atoms with Gasteiger partial charge in [0, 0.05) is 12.6 Å². The predicted molar refractivity (Wildman–Crippen MR) is 68.4 cm³/mol. The molecular formula is C13H12N4O. The summed E-state index contributed by atoms with van der Waals surface area (Å²) < 4.78 is 2.03. The van der Waals surface area contributed by atoms with Crippen LogP contribution < -0.4 is 0 Å². The van der Waals surface area contributed by atoms with Gasteiger partial charge in [0.25, 0.3) is 0 Å². The quantitative estimate of drug-likeness (QED) is 0.697. The number of nitrogens with one attached hydrogen (secondary N) is 1. The van der Waals surface area contributed by atoms with E-state index >= 15 is 0 Å². The molecule has 0 bridgehead atoms. The van der Waals surface area contributed by atoms with E-state index in [1.54, 1.807) is 0 Å². The van der Waals surface area contributed by atoms with Gasteiger partial charge >= 0.3 is 0 Å². The molecule has 2 heterocycles. The molecule has 0 aliphatic heterocycles. The zero-order valence-corrected chi connectivity index (χ0v) is 10.1. The van der Waals surface area contributed by atoms with Crippen molar-refractivity contribution in [1.82, 2.24) is 19.7 Å². The van der Waals surface area contributed by atoms with Crippen molar-refractivity contribution in [2.75, 3.05) is 0 Å². The minimum atomic E-state index is 0.557. The van der Waals surface area contributed by atoms with Crippen LogP contribution in [0.15, 0.2) is 24.4 Å². The largest absolute Gasteiger partial charge is 0.331 e. The van der Waals surface area contributed by atoms with Gasteiger partial charge in [0.15, 0.2) is 6.29 Å². The molecule has 0 aliphatic carbocycles. The van der Waals surface area contributed by atoms with E-state index in [1.165, 1.54) is 6.20 Å². The van der Waals surface area contributed by atoms with Gasteiger partial charge in [0.05, 0.1) is 28.5 Å². The first-order chi connectivity index (χ1) is 8.70. The van der Waals surface area contributed by atoms with Gasteiger partial charge in [-0.3, -0.25) is 9.89 Å². The summed E-state index contributed by atoms with van der Waals surface area (Å²) in [5.74, 6) is 0.961. The second-order valence-electron chi connectivity index (χ2n) is 4.24. The maximum Gasteiger partial charge on any atom is 0.153 e. The van der Waals surface area contributed by atoms with Crippen molar-refractivity contribution in [3.05, 3.63) is 35.8 Å². The van der Waals surface area contributed by atoms with Gasteiger partial charge in [-0.1, -0.05) is 6.07 Å². The first-order valence-electron chi connectivity index (χ1n) is 5.62. The lowest BCUT2D eigenvalue weighted by molar-refractivity contribution is 0.112. The molecule has 0 amide bonds. The molecule has 5 heteroatoms. The molecule has 0 aliphatic rings. The summed E-state index contributed by atoms with van der Waals surface area (Å²) in [6.45, 7) is 1.97. The molecule has 3 aromatic rings. The predicted octanol–water partition coefficient (Wildman–Crippen LogP) is 2.08. The van der Waals surface area contributed by atoms with Crippen LogP contribution in [-0.4, -0.2) is 26.0 Å². The smallest absolute Gasteiger partial charge is 0.153 e. The van der Waals surface area contributed by atoms with Gasteiger partial charge in [0.2, 0.25) is 0 Å². The van der Waals surface area contributed by atoms with Crippen LogP contribution >= 0.6 is 0 Å². The van der Waals surface area contributed by atoms with Crippen LogP contribution in [0.5, 0.6) is 0 Å². The van der Waals surface area contributed by atoms with Crippen molar-refractivity contribution >= 4 is 17.3 Å². The number of aromatic amines is 1. The van der Waals surface area contributed by atoms with Crippen LogP contribution in [0.3, 0.4) is 0 Å². The number of aromatic nitrogens is 4. The Bertz CT molecular complexity index is 739. The van der Waals surface area contributed by atoms with Gasteiger partial charge in [0.1, 0.15) is 5.82 Å². The van der Waals surface area contributed by atoms with E-state index in [0.717, 1.165) is 34.4 Å². The van der Waals surface area contributed by atoms with Gasteiger partial charge < -0.3 is 4.57 Å². The minimum absolute atomic E-state index is 0.557. The Hall–Kier alpha value is -2.43. The van der Waals surface area contributed by atoms with Gasteiger partial charge in [-0.25, -0.2) is 4.98 Å². The Morgan fingerprint density at radius 1 is 1.39 bits per heavy atom. The molecule has 3 rings (SSSR count). The number of carbonyl (C=O) groups excluding carboxylic acids is 1. The van der Waals surface area contributed by atoms with Crippen molar-refractivity contribution in [3.8, 4) is 11.3 Å². The number of hydrogen-bond donors (Lipinski definition) is 1. The topological polar surface area (TPSA) is 63.6 Å². The molecule has 2 aromatic heterocycles. The Kier molecular flexibility index (Phi) is 2.26. The molecule has 1 N–H and O–H groups in total. The number of aldehydes is 1. The van der Waals surface area contributed by atoms with E-state index in [1.807, 2.05) is 36.7 Å². The third-order valence-corrected chi connectivity index (χ3v) is 3.19. The molecule has 0 fully saturated rings. The SMILES string of the molecule is Cc1nc2cc(-c3[nH]ncc3C=O)ccc2n1C. The van der Waals surface area contributed by atoms with Gasteiger partial charge in [-0.15, -0.1) is 0 Å². The fraction of sp³-hybridized carbons (Fsp3) is 0.154. The highest BCUT2D eigenvalue weighted by Crippen LogP contribution is 2.24. The molecule has 0 spiro atoms. The lowest BCUT2D eigenvalue weighted by Gasteiger charge is -2.00. The second-order valence-corrected chi connectivity index (χ2v) is 4.24. The Balaban J connectivity index is 2.22. The third kappa shape index (κ3) is 1.44. The van der Waals surface area contributed by atoms with Crippen molar-refractivity contribution in [2.24, 2.45) is 7.05 Å². The molecule has 18 heavy (non-hydrogen) atoms. The van der Waals surface area contributed by atoms with Crippen molar-refractivity contribution in [2.45, 2.75) is 6.92 Å². The van der Waals surface area contributed by atoms with Crippen molar-refractivity contribution in [3.63, 3.8) is 0 Å². The minimum Gasteiger partial charge on any atom is -0.331 e. The maximum atomic E-state index is 10.9. The monoisotopic (exact) mass is 240 g/mol. The Labute approximate surface area is 103 Å². The molecule has 0 atom stereocenters. The average Bonchev–Trinajstić information content (AvgIpc) is 2.95. The van der Waals surface area contributed by atoms with E-state index in [0.29, 0.717) is 5.56 Å². The summed E-state index contributed by atoms with van der Waals surface area (Å²) in [5, 5.41) is 6.73. The standard InChI is InChI=1S/C13H12N4O/c1-8-15-11-5-9(3-4-12(11)17(8)2)13-10(7-18)6-14-16-13/h3-7H,1-2H3,(H,14,16). The molecule has 90 valence electrons. The lowest BCUT2D eigenvalue weighted by Crippen LogP contribution is -1.90. The number of imidazole rings is 1. The summed E-state index contributed by atoms with van der Waals surface area (Å²) in [6.07, 6.45) is 2.32. The van der Waals surface area contributed by atoms with Crippen LogP contribution in [-0.2, 0) is 7.05 Å². The number of carbonyl (C=O) groups is 1. The van der Waals surface area contributed by atoms with Crippen LogP contribution in [0.1, 0.15) is 16.2 Å². The summed E-state index contributed by atoms with van der Waals surface area (Å²) in [5.41, 5.74) is 4.19. The van der Waals surface area contributed by atoms with Crippen molar-refractivity contribution in [1.29, 1.82) is 0 Å². The number of fused-ring (bicyclic) bond motifs is 1. The Morgan fingerprint density at radius 3 is 3.00 bits per heavy atom. The molecule has 5 nitrogen and oxygen atoms in total. The van der Waals surface area contributed by atoms with Crippen LogP contribution in [0.2, 0.25) is 0 Å². The number of benzene rings is 1. The summed E-state index contributed by atoms with van der Waals surface area (Å²) >= 11 is 0. The van der Waals surface area contributed by atoms with Gasteiger partial charge in [-0.05, 0) is 19.1 Å². The highest BCUT2D eigenvalue weighted by Gasteiger charge is 2.10. The first-order valence-corrected chi connectivity index (χ1v) is 5.62. The molecule has 0 unspecified atom stereocenters. The molecule has 1 aromatic carbocycles. The molecular weight excluding hydrogens is 228 g/mol. The van der Waals surface area contributed by atoms with E-state index < -0.39 is 0 Å². The summed E-state index contributed by atoms with van der Waals surface area (Å²) in [6, 6.07) is 5.92. The number of H-pyrrole nitrogens is 1. The van der Waals surface area contributed by atoms with Crippen molar-refractivity contribution < 1.29 is 4.79 Å². The average molecular weight is 240 g/mol. The number of hydrogen-bond acceptors (Lipinski definition) is 3. The third-order valence-electron chi connectivity index (χ3n) is 3.19. The fourth-order valence-corrected chi connectivity index (χ4v) is 2.09. The number of aryl methyl sites for hydroxylation is 2. The second kappa shape index (κ2) is 3.80. The summed E-state index contributed by atoms with van der Waals surface area (Å²) in [7, 11) is 1.98. The molecule has 0 saturated carbocycles. The highest BCUT2D eigenvalue weighted by molar-refractivity contribution is 5.88. The lowest BCUT2D eigenvalue weighted by atomic mass is 10.1. The van der Waals surface area contributed by atoms with Crippen LogP contribution in [0.25, 0.3) is 22.3 Å². The van der Waals surface area contributed by atoms with Crippen LogP contribution in [0.4, 0.5) is 0 Å². The summed E-state index contributed by atoms with van der Waals surface area (Å²) in [4.78, 5) is 15.4. The molecule has 0 radical (unpaired) electrons. The zero-order valence-electron chi connectivity index (χ0n) is 10.1. The first kappa shape index (κ1) is 10.7. The van der Waals surface area contributed by atoms with E-state index in [-0.39, 0.29) is 0 Å². The van der Waals surface area contributed by atoms with Crippen LogP contribution in [0, 0.1) is 6.92 Å². The van der Waals surface area contributed by atoms with E-state index in [2.05, 4.69) is 15.2 Å². The van der Waals surface area contributed by atoms with E-state index in [9.17, 15) is 4.79 Å². The zero-order chi connectivity index (χ0) is 12.7. The number of rotatable bonds is 2.